The van der Waals surface area contributed by atoms with E-state index in [1.165, 1.54) is 12.8 Å². The summed E-state index contributed by atoms with van der Waals surface area (Å²) >= 11 is 0. The highest BCUT2D eigenvalue weighted by Crippen LogP contribution is 2.15. The van der Waals surface area contributed by atoms with E-state index >= 15 is 0 Å². The average Bonchev–Trinajstić information content (AvgIpc) is 2.04. The van der Waals surface area contributed by atoms with Gasteiger partial charge in [0.2, 0.25) is 0 Å². The summed E-state index contributed by atoms with van der Waals surface area (Å²) in [4.78, 5) is 5.07. The molecule has 1 aliphatic rings. The molecule has 1 rings (SSSR count). The van der Waals surface area contributed by atoms with Crippen molar-refractivity contribution >= 4 is 0 Å². The first kappa shape index (κ1) is 8.37. The molecule has 0 aromatic heterocycles. The van der Waals surface area contributed by atoms with Gasteiger partial charge in [-0.1, -0.05) is 5.11 Å². The first-order valence-electron chi connectivity index (χ1n) is 4.02. The number of piperidine rings is 1. The molecule has 0 bridgehead atoms. The maximum Gasteiger partial charge on any atom is 0.0287 e. The van der Waals surface area contributed by atoms with Crippen LogP contribution in [0.4, 0.5) is 0 Å². The number of likely N-dealkylation sites (tertiary alicyclic amines) is 1. The highest BCUT2D eigenvalue weighted by molar-refractivity contribution is 4.71. The van der Waals surface area contributed by atoms with Crippen LogP contribution in [0.25, 0.3) is 10.4 Å². The molecule has 4 heteroatoms. The summed E-state index contributed by atoms with van der Waals surface area (Å²) in [6.45, 7) is 2.97. The van der Waals surface area contributed by atoms with Crippen LogP contribution in [0.1, 0.15) is 12.8 Å². The molecule has 0 amide bonds. The van der Waals surface area contributed by atoms with Crippen molar-refractivity contribution in [2.45, 2.75) is 12.8 Å². The molecule has 62 valence electrons. The van der Waals surface area contributed by atoms with Crippen LogP contribution in [-0.2, 0) is 0 Å². The van der Waals surface area contributed by atoms with E-state index in [1.807, 2.05) is 0 Å². The highest BCUT2D eigenvalue weighted by Gasteiger charge is 2.14. The third-order valence-corrected chi connectivity index (χ3v) is 2.24. The summed E-state index contributed by atoms with van der Waals surface area (Å²) in [5, 5.41) is 3.58. The first-order chi connectivity index (χ1) is 5.33. The van der Waals surface area contributed by atoms with Crippen LogP contribution in [-0.4, -0.2) is 31.6 Å². The Morgan fingerprint density at radius 1 is 1.55 bits per heavy atom. The molecule has 0 aromatic carbocycles. The van der Waals surface area contributed by atoms with Gasteiger partial charge < -0.3 is 4.90 Å². The molecule has 4 nitrogen and oxygen atoms in total. The third kappa shape index (κ3) is 2.78. The van der Waals surface area contributed by atoms with Crippen molar-refractivity contribution in [3.05, 3.63) is 10.4 Å². The monoisotopic (exact) mass is 154 g/mol. The van der Waals surface area contributed by atoms with Gasteiger partial charge in [-0.3, -0.25) is 0 Å². The van der Waals surface area contributed by atoms with Crippen LogP contribution in [0.5, 0.6) is 0 Å². The normalized spacial score (nSPS) is 21.2. The fraction of sp³-hybridized carbons (Fsp3) is 1.00. The Hall–Kier alpha value is -0.730. The van der Waals surface area contributed by atoms with Gasteiger partial charge in [0.1, 0.15) is 0 Å². The minimum Gasteiger partial charge on any atom is -0.306 e. The molecule has 0 radical (unpaired) electrons. The largest absolute Gasteiger partial charge is 0.306 e. The lowest BCUT2D eigenvalue weighted by Crippen LogP contribution is -2.31. The number of nitrogens with zero attached hydrogens (tertiary/aromatic N) is 4. The molecule has 0 aliphatic carbocycles. The van der Waals surface area contributed by atoms with Crippen LogP contribution in [0.15, 0.2) is 5.11 Å². The molecule has 0 saturated carbocycles. The molecule has 1 fully saturated rings. The van der Waals surface area contributed by atoms with Gasteiger partial charge in [0.25, 0.3) is 0 Å². The Balaban J connectivity index is 2.22. The van der Waals surface area contributed by atoms with Crippen LogP contribution in [0.2, 0.25) is 0 Å². The molecule has 0 unspecified atom stereocenters. The Bertz CT molecular complexity index is 154. The van der Waals surface area contributed by atoms with Gasteiger partial charge in [-0.25, -0.2) is 0 Å². The van der Waals surface area contributed by atoms with E-state index in [0.717, 1.165) is 13.1 Å². The minimum atomic E-state index is 0.627. The van der Waals surface area contributed by atoms with Crippen molar-refractivity contribution in [2.75, 3.05) is 26.7 Å². The molecule has 0 spiro atoms. The van der Waals surface area contributed by atoms with Crippen molar-refractivity contribution < 1.29 is 0 Å². The minimum absolute atomic E-state index is 0.627. The van der Waals surface area contributed by atoms with Gasteiger partial charge in [-0.15, -0.1) is 0 Å². The molecule has 1 saturated heterocycles. The number of hydrogen-bond donors (Lipinski definition) is 0. The molecule has 1 aliphatic heterocycles. The van der Waals surface area contributed by atoms with Crippen molar-refractivity contribution in [3.63, 3.8) is 0 Å². The molecule has 0 N–H and O–H groups in total. The van der Waals surface area contributed by atoms with E-state index < -0.39 is 0 Å². The zero-order valence-corrected chi connectivity index (χ0v) is 6.90. The van der Waals surface area contributed by atoms with Crippen molar-refractivity contribution in [2.24, 2.45) is 11.0 Å². The van der Waals surface area contributed by atoms with Crippen LogP contribution >= 0.6 is 0 Å². The van der Waals surface area contributed by atoms with E-state index in [9.17, 15) is 0 Å². The summed E-state index contributed by atoms with van der Waals surface area (Å²) < 4.78 is 0. The SMILES string of the molecule is CN1CCC(CN=[N+]=[N-])CC1. The molecular weight excluding hydrogens is 140 g/mol. The molecule has 11 heavy (non-hydrogen) atoms. The van der Waals surface area contributed by atoms with Crippen LogP contribution in [0.3, 0.4) is 0 Å². The zero-order chi connectivity index (χ0) is 8.10. The lowest BCUT2D eigenvalue weighted by Gasteiger charge is -2.27. The van der Waals surface area contributed by atoms with Gasteiger partial charge >= 0.3 is 0 Å². The topological polar surface area (TPSA) is 52.0 Å². The Morgan fingerprint density at radius 2 is 2.18 bits per heavy atom. The van der Waals surface area contributed by atoms with Crippen molar-refractivity contribution in [3.8, 4) is 0 Å². The highest BCUT2D eigenvalue weighted by atomic mass is 15.1. The van der Waals surface area contributed by atoms with Gasteiger partial charge in [0.05, 0.1) is 0 Å². The Morgan fingerprint density at radius 3 is 2.73 bits per heavy atom. The number of hydrogen-bond acceptors (Lipinski definition) is 2. The van der Waals surface area contributed by atoms with E-state index in [4.69, 9.17) is 5.53 Å². The average molecular weight is 154 g/mol. The van der Waals surface area contributed by atoms with Crippen molar-refractivity contribution in [1.82, 2.24) is 4.90 Å². The summed E-state index contributed by atoms with van der Waals surface area (Å²) in [6, 6.07) is 0. The van der Waals surface area contributed by atoms with E-state index in [-0.39, 0.29) is 0 Å². The quantitative estimate of drug-likeness (QED) is 0.339. The fourth-order valence-electron chi connectivity index (χ4n) is 1.40. The summed E-state index contributed by atoms with van der Waals surface area (Å²) in [6.07, 6.45) is 2.35. The molecule has 1 heterocycles. The Kier molecular flexibility index (Phi) is 3.20. The maximum absolute atomic E-state index is 8.10. The van der Waals surface area contributed by atoms with Gasteiger partial charge in [-0.2, -0.15) is 0 Å². The molecule has 0 atom stereocenters. The predicted molar refractivity (Wildman–Crippen MR) is 44.2 cm³/mol. The van der Waals surface area contributed by atoms with Crippen molar-refractivity contribution in [1.29, 1.82) is 0 Å². The summed E-state index contributed by atoms with van der Waals surface area (Å²) in [5.74, 6) is 0.627. The van der Waals surface area contributed by atoms with E-state index in [2.05, 4.69) is 22.0 Å². The number of azide groups is 1. The van der Waals surface area contributed by atoms with Gasteiger partial charge in [0.15, 0.2) is 0 Å². The second-order valence-electron chi connectivity index (χ2n) is 3.16. The second-order valence-corrected chi connectivity index (χ2v) is 3.16. The maximum atomic E-state index is 8.10. The molecule has 0 aromatic rings. The lowest BCUT2D eigenvalue weighted by atomic mass is 9.98. The van der Waals surface area contributed by atoms with Gasteiger partial charge in [-0.05, 0) is 44.4 Å². The van der Waals surface area contributed by atoms with Crippen LogP contribution in [0, 0.1) is 5.92 Å². The van der Waals surface area contributed by atoms with E-state index in [0.29, 0.717) is 12.5 Å². The Labute approximate surface area is 66.8 Å². The summed E-state index contributed by atoms with van der Waals surface area (Å²) in [7, 11) is 2.13. The fourth-order valence-corrected chi connectivity index (χ4v) is 1.40. The zero-order valence-electron chi connectivity index (χ0n) is 6.90. The smallest absolute Gasteiger partial charge is 0.0287 e. The van der Waals surface area contributed by atoms with Gasteiger partial charge in [0, 0.05) is 11.5 Å². The third-order valence-electron chi connectivity index (χ3n) is 2.24. The lowest BCUT2D eigenvalue weighted by molar-refractivity contribution is 0.223. The predicted octanol–water partition coefficient (Wildman–Crippen LogP) is 1.64. The second kappa shape index (κ2) is 4.21. The number of rotatable bonds is 2. The van der Waals surface area contributed by atoms with E-state index in [1.54, 1.807) is 0 Å². The first-order valence-corrected chi connectivity index (χ1v) is 4.02. The molecular formula is C7H14N4. The standard InChI is InChI=1S/C7H14N4/c1-11-4-2-7(3-5-11)6-9-10-8/h7H,2-6H2,1H3. The van der Waals surface area contributed by atoms with Crippen LogP contribution < -0.4 is 0 Å². The summed E-state index contributed by atoms with van der Waals surface area (Å²) in [5.41, 5.74) is 8.10.